The van der Waals surface area contributed by atoms with Crippen LogP contribution in [0.5, 0.6) is 0 Å². The lowest BCUT2D eigenvalue weighted by Gasteiger charge is -2.12. The zero-order chi connectivity index (χ0) is 11.4. The number of aromatic nitrogens is 1. The van der Waals surface area contributed by atoms with Crippen LogP contribution < -0.4 is 0 Å². The summed E-state index contributed by atoms with van der Waals surface area (Å²) in [5.41, 5.74) is 0.856. The maximum absolute atomic E-state index is 9.17. The third-order valence-corrected chi connectivity index (χ3v) is 1.71. The molecule has 3 nitrogen and oxygen atoms in total. The quantitative estimate of drug-likeness (QED) is 0.756. The Hall–Kier alpha value is -0.830. The van der Waals surface area contributed by atoms with Gasteiger partial charge in [0.25, 0.3) is 0 Å². The third kappa shape index (κ3) is 3.50. The van der Waals surface area contributed by atoms with E-state index in [1.165, 1.54) is 0 Å². The Morgan fingerprint density at radius 3 is 2.07 bits per heavy atom. The Morgan fingerprint density at radius 1 is 1.36 bits per heavy atom. The molecule has 1 aromatic heterocycles. The first-order chi connectivity index (χ1) is 6.41. The van der Waals surface area contributed by atoms with Crippen molar-refractivity contribution < 1.29 is 9.63 Å². The predicted molar refractivity (Wildman–Crippen MR) is 57.2 cm³/mol. The third-order valence-electron chi connectivity index (χ3n) is 1.71. The second-order valence-electron chi connectivity index (χ2n) is 4.04. The van der Waals surface area contributed by atoms with Gasteiger partial charge in [-0.15, -0.1) is 0 Å². The van der Waals surface area contributed by atoms with E-state index in [0.29, 0.717) is 5.76 Å². The number of hydrogen-bond donors (Lipinski definition) is 1. The first-order valence-electron chi connectivity index (χ1n) is 5.06. The van der Waals surface area contributed by atoms with Crippen molar-refractivity contribution in [1.82, 2.24) is 5.16 Å². The number of aliphatic hydroxyl groups excluding tert-OH is 1. The Morgan fingerprint density at radius 2 is 1.86 bits per heavy atom. The molecule has 1 aromatic rings. The molecule has 0 bridgehead atoms. The molecule has 3 heteroatoms. The SMILES string of the molecule is CC.CC(O)c1cc(C(C)(C)C)no1. The molecule has 0 aromatic carbocycles. The molecule has 1 unspecified atom stereocenters. The van der Waals surface area contributed by atoms with Crippen LogP contribution in [-0.4, -0.2) is 10.3 Å². The van der Waals surface area contributed by atoms with Crippen LogP contribution >= 0.6 is 0 Å². The molecule has 82 valence electrons. The maximum atomic E-state index is 9.17. The van der Waals surface area contributed by atoms with E-state index < -0.39 is 6.10 Å². The second-order valence-corrected chi connectivity index (χ2v) is 4.04. The van der Waals surface area contributed by atoms with Gasteiger partial charge in [-0.25, -0.2) is 0 Å². The van der Waals surface area contributed by atoms with Gasteiger partial charge in [-0.05, 0) is 6.92 Å². The fraction of sp³-hybridized carbons (Fsp3) is 0.727. The highest BCUT2D eigenvalue weighted by molar-refractivity contribution is 5.14. The van der Waals surface area contributed by atoms with Gasteiger partial charge >= 0.3 is 0 Å². The summed E-state index contributed by atoms with van der Waals surface area (Å²) in [5.74, 6) is 0.528. The minimum absolute atomic E-state index is 0.0172. The first kappa shape index (κ1) is 13.2. The van der Waals surface area contributed by atoms with Crippen LogP contribution in [0.25, 0.3) is 0 Å². The van der Waals surface area contributed by atoms with Crippen molar-refractivity contribution in [3.05, 3.63) is 17.5 Å². The van der Waals surface area contributed by atoms with Gasteiger partial charge in [0, 0.05) is 11.5 Å². The van der Waals surface area contributed by atoms with Crippen LogP contribution in [0.2, 0.25) is 0 Å². The molecule has 0 aliphatic carbocycles. The van der Waals surface area contributed by atoms with Crippen LogP contribution in [0.1, 0.15) is 59.1 Å². The monoisotopic (exact) mass is 199 g/mol. The topological polar surface area (TPSA) is 46.3 Å². The van der Waals surface area contributed by atoms with E-state index in [9.17, 15) is 0 Å². The Kier molecular flexibility index (Phi) is 4.85. The normalized spacial score (nSPS) is 13.1. The van der Waals surface area contributed by atoms with Crippen LogP contribution in [0, 0.1) is 0 Å². The maximum Gasteiger partial charge on any atom is 0.165 e. The summed E-state index contributed by atoms with van der Waals surface area (Å²) in [4.78, 5) is 0. The van der Waals surface area contributed by atoms with Crippen LogP contribution in [0.15, 0.2) is 10.6 Å². The Bertz CT molecular complexity index is 258. The molecule has 0 aliphatic heterocycles. The molecule has 1 heterocycles. The highest BCUT2D eigenvalue weighted by Crippen LogP contribution is 2.23. The number of hydrogen-bond acceptors (Lipinski definition) is 3. The Balaban J connectivity index is 0.000000791. The van der Waals surface area contributed by atoms with Crippen molar-refractivity contribution >= 4 is 0 Å². The standard InChI is InChI=1S/C9H15NO2.C2H6/c1-6(11)7-5-8(10-12-7)9(2,3)4;1-2/h5-6,11H,1-4H3;1-2H3. The molecule has 0 spiro atoms. The fourth-order valence-corrected chi connectivity index (χ4v) is 0.840. The molecule has 14 heavy (non-hydrogen) atoms. The summed E-state index contributed by atoms with van der Waals surface area (Å²) in [5, 5.41) is 13.0. The van der Waals surface area contributed by atoms with Gasteiger partial charge in [0.1, 0.15) is 6.10 Å². The highest BCUT2D eigenvalue weighted by atomic mass is 16.5. The molecule has 1 rings (SSSR count). The molecule has 0 amide bonds. The summed E-state index contributed by atoms with van der Waals surface area (Å²) in [6.07, 6.45) is -0.575. The minimum Gasteiger partial charge on any atom is -0.385 e. The van der Waals surface area contributed by atoms with Crippen molar-refractivity contribution in [3.8, 4) is 0 Å². The van der Waals surface area contributed by atoms with Crippen LogP contribution in [-0.2, 0) is 5.41 Å². The molecule has 0 fully saturated rings. The van der Waals surface area contributed by atoms with Gasteiger partial charge in [0.05, 0.1) is 5.69 Å². The van der Waals surface area contributed by atoms with Crippen molar-refractivity contribution in [2.75, 3.05) is 0 Å². The van der Waals surface area contributed by atoms with E-state index in [0.717, 1.165) is 5.69 Å². The second kappa shape index (κ2) is 5.15. The Labute approximate surface area is 86.1 Å². The van der Waals surface area contributed by atoms with Crippen LogP contribution in [0.4, 0.5) is 0 Å². The van der Waals surface area contributed by atoms with Gasteiger partial charge in [-0.2, -0.15) is 0 Å². The average Bonchev–Trinajstić information content (AvgIpc) is 2.54. The van der Waals surface area contributed by atoms with Crippen molar-refractivity contribution in [2.24, 2.45) is 0 Å². The lowest BCUT2D eigenvalue weighted by Crippen LogP contribution is -2.11. The predicted octanol–water partition coefficient (Wildman–Crippen LogP) is 3.05. The van der Waals surface area contributed by atoms with Gasteiger partial charge in [-0.1, -0.05) is 39.8 Å². The molecule has 0 saturated heterocycles. The summed E-state index contributed by atoms with van der Waals surface area (Å²) in [6.45, 7) is 11.8. The highest BCUT2D eigenvalue weighted by Gasteiger charge is 2.20. The van der Waals surface area contributed by atoms with Crippen molar-refractivity contribution in [1.29, 1.82) is 0 Å². The fourth-order valence-electron chi connectivity index (χ4n) is 0.840. The number of aliphatic hydroxyl groups is 1. The molecular formula is C11H21NO2. The smallest absolute Gasteiger partial charge is 0.165 e. The van der Waals surface area contributed by atoms with E-state index in [2.05, 4.69) is 25.9 Å². The molecule has 0 radical (unpaired) electrons. The lowest BCUT2D eigenvalue weighted by molar-refractivity contribution is 0.157. The average molecular weight is 199 g/mol. The van der Waals surface area contributed by atoms with E-state index in [1.54, 1.807) is 13.0 Å². The van der Waals surface area contributed by atoms with E-state index in [1.807, 2.05) is 13.8 Å². The molecule has 0 saturated carbocycles. The van der Waals surface area contributed by atoms with Gasteiger partial charge in [-0.3, -0.25) is 0 Å². The van der Waals surface area contributed by atoms with E-state index in [-0.39, 0.29) is 5.41 Å². The summed E-state index contributed by atoms with van der Waals surface area (Å²) < 4.78 is 4.95. The number of rotatable bonds is 1. The summed E-state index contributed by atoms with van der Waals surface area (Å²) in [6, 6.07) is 1.80. The summed E-state index contributed by atoms with van der Waals surface area (Å²) >= 11 is 0. The zero-order valence-corrected chi connectivity index (χ0v) is 9.96. The van der Waals surface area contributed by atoms with Gasteiger partial charge in [0.15, 0.2) is 5.76 Å². The molecular weight excluding hydrogens is 178 g/mol. The van der Waals surface area contributed by atoms with Crippen molar-refractivity contribution in [3.63, 3.8) is 0 Å². The van der Waals surface area contributed by atoms with Crippen LogP contribution in [0.3, 0.4) is 0 Å². The largest absolute Gasteiger partial charge is 0.385 e. The first-order valence-corrected chi connectivity index (χ1v) is 5.06. The van der Waals surface area contributed by atoms with E-state index >= 15 is 0 Å². The van der Waals surface area contributed by atoms with E-state index in [4.69, 9.17) is 9.63 Å². The number of nitrogens with zero attached hydrogens (tertiary/aromatic N) is 1. The molecule has 1 N–H and O–H groups in total. The van der Waals surface area contributed by atoms with Gasteiger partial charge < -0.3 is 9.63 Å². The zero-order valence-electron chi connectivity index (χ0n) is 9.96. The summed E-state index contributed by atoms with van der Waals surface area (Å²) in [7, 11) is 0. The van der Waals surface area contributed by atoms with Gasteiger partial charge in [0.2, 0.25) is 0 Å². The van der Waals surface area contributed by atoms with Crippen molar-refractivity contribution in [2.45, 2.75) is 53.1 Å². The lowest BCUT2D eigenvalue weighted by atomic mass is 9.92. The molecule has 1 atom stereocenters. The molecule has 0 aliphatic rings. The minimum atomic E-state index is -0.575.